The molecule has 2 aliphatic rings. The smallest absolute Gasteiger partial charge is 0.144 e. The van der Waals surface area contributed by atoms with Crippen molar-refractivity contribution in [3.8, 4) is 0 Å². The van der Waals surface area contributed by atoms with Gasteiger partial charge in [0.25, 0.3) is 0 Å². The second-order valence-corrected chi connectivity index (χ2v) is 5.10. The molecule has 0 bridgehead atoms. The highest BCUT2D eigenvalue weighted by molar-refractivity contribution is 5.95. The van der Waals surface area contributed by atoms with Crippen molar-refractivity contribution in [3.05, 3.63) is 29.8 Å². The van der Waals surface area contributed by atoms with Crippen molar-refractivity contribution in [1.82, 2.24) is 0 Å². The lowest BCUT2D eigenvalue weighted by Gasteiger charge is -2.21. The number of carbonyl (C=O) groups is 1. The van der Waals surface area contributed by atoms with Crippen LogP contribution in [0.25, 0.3) is 0 Å². The molecule has 1 aromatic carbocycles. The summed E-state index contributed by atoms with van der Waals surface area (Å²) in [5, 5.41) is 6.63. The minimum Gasteiger partial charge on any atom is -0.301 e. The predicted octanol–water partition coefficient (Wildman–Crippen LogP) is 2.79. The van der Waals surface area contributed by atoms with Crippen molar-refractivity contribution >= 4 is 17.7 Å². The molecule has 3 rings (SSSR count). The molecule has 1 heterocycles. The summed E-state index contributed by atoms with van der Waals surface area (Å²) in [6.45, 7) is 2.14. The maximum absolute atomic E-state index is 11.3. The number of hydrazone groups is 1. The largest absolute Gasteiger partial charge is 0.301 e. The third kappa shape index (κ3) is 1.94. The summed E-state index contributed by atoms with van der Waals surface area (Å²) in [7, 11) is 0. The van der Waals surface area contributed by atoms with Crippen molar-refractivity contribution in [1.29, 1.82) is 0 Å². The second kappa shape index (κ2) is 4.56. The second-order valence-electron chi connectivity index (χ2n) is 5.10. The van der Waals surface area contributed by atoms with Crippen molar-refractivity contribution in [2.45, 2.75) is 38.6 Å². The molecule has 0 amide bonds. The van der Waals surface area contributed by atoms with Gasteiger partial charge < -0.3 is 4.79 Å². The van der Waals surface area contributed by atoms with Crippen LogP contribution in [0.4, 0.5) is 5.69 Å². The Balaban J connectivity index is 1.95. The van der Waals surface area contributed by atoms with Gasteiger partial charge in [-0.2, -0.15) is 5.10 Å². The highest BCUT2D eigenvalue weighted by Gasteiger charge is 2.36. The first-order valence-corrected chi connectivity index (χ1v) is 6.73. The molecule has 1 atom stereocenters. The number of rotatable bonds is 4. The summed E-state index contributed by atoms with van der Waals surface area (Å²) in [4.78, 5) is 11.3. The van der Waals surface area contributed by atoms with Gasteiger partial charge >= 0.3 is 0 Å². The van der Waals surface area contributed by atoms with Crippen LogP contribution in [0.1, 0.15) is 31.7 Å². The molecule has 0 aromatic heterocycles. The molecule has 1 aliphatic carbocycles. The van der Waals surface area contributed by atoms with Crippen molar-refractivity contribution < 1.29 is 4.79 Å². The highest BCUT2D eigenvalue weighted by Crippen LogP contribution is 2.37. The summed E-state index contributed by atoms with van der Waals surface area (Å²) in [6, 6.07) is 8.13. The molecule has 0 saturated heterocycles. The molecule has 94 valence electrons. The van der Waals surface area contributed by atoms with E-state index in [1.54, 1.807) is 0 Å². The van der Waals surface area contributed by atoms with Crippen LogP contribution in [0.5, 0.6) is 0 Å². The molecule has 1 aromatic rings. The summed E-state index contributed by atoms with van der Waals surface area (Å²) in [6.07, 6.45) is 5.30. The Bertz CT molecular complexity index is 491. The average molecular weight is 242 g/mol. The van der Waals surface area contributed by atoms with Gasteiger partial charge in [0.2, 0.25) is 0 Å². The lowest BCUT2D eigenvalue weighted by Crippen LogP contribution is -2.28. The van der Waals surface area contributed by atoms with Crippen LogP contribution in [-0.2, 0) is 11.2 Å². The number of carbonyl (C=O) groups excluding carboxylic acids is 1. The summed E-state index contributed by atoms with van der Waals surface area (Å²) >= 11 is 0. The maximum Gasteiger partial charge on any atom is 0.144 e. The third-order valence-electron chi connectivity index (χ3n) is 3.79. The van der Waals surface area contributed by atoms with E-state index in [1.165, 1.54) is 24.1 Å². The molecule has 3 heteroatoms. The van der Waals surface area contributed by atoms with Gasteiger partial charge in [0, 0.05) is 12.1 Å². The zero-order valence-electron chi connectivity index (χ0n) is 10.7. The van der Waals surface area contributed by atoms with E-state index in [9.17, 15) is 4.79 Å². The normalized spacial score (nSPS) is 23.1. The number of aryl methyl sites for hydroxylation is 1. The van der Waals surface area contributed by atoms with Crippen LogP contribution >= 0.6 is 0 Å². The van der Waals surface area contributed by atoms with Crippen LogP contribution in [-0.4, -0.2) is 18.0 Å². The van der Waals surface area contributed by atoms with E-state index in [0.717, 1.165) is 24.8 Å². The number of anilines is 1. The Hall–Kier alpha value is -1.64. The Kier molecular flexibility index (Phi) is 2.90. The first-order chi connectivity index (χ1) is 8.83. The van der Waals surface area contributed by atoms with Gasteiger partial charge in [-0.1, -0.05) is 25.1 Å². The fourth-order valence-electron chi connectivity index (χ4n) is 2.59. The van der Waals surface area contributed by atoms with Crippen LogP contribution in [0.2, 0.25) is 0 Å². The van der Waals surface area contributed by atoms with Crippen molar-refractivity contribution in [3.63, 3.8) is 0 Å². The van der Waals surface area contributed by atoms with Gasteiger partial charge in [0.1, 0.15) is 12.3 Å². The molecule has 0 N–H and O–H groups in total. The van der Waals surface area contributed by atoms with Crippen LogP contribution in [0, 0.1) is 5.92 Å². The number of nitrogens with zero attached hydrogens (tertiary/aromatic N) is 2. The fraction of sp³-hybridized carbons (Fsp3) is 0.467. The lowest BCUT2D eigenvalue weighted by molar-refractivity contribution is -0.108. The van der Waals surface area contributed by atoms with Gasteiger partial charge in [0.05, 0.1) is 5.69 Å². The molecular weight excluding hydrogens is 224 g/mol. The molecule has 3 nitrogen and oxygen atoms in total. The van der Waals surface area contributed by atoms with Gasteiger partial charge in [-0.05, 0) is 36.8 Å². The number of aldehydes is 1. The first-order valence-electron chi connectivity index (χ1n) is 6.73. The van der Waals surface area contributed by atoms with E-state index >= 15 is 0 Å². The average Bonchev–Trinajstić information content (AvgIpc) is 3.18. The number of para-hydroxylation sites is 1. The SMILES string of the molecule is CCc1ccccc1N1N=C(C2CC2)CC1C=O. The van der Waals surface area contributed by atoms with E-state index in [1.807, 2.05) is 17.1 Å². The molecule has 1 fully saturated rings. The Morgan fingerprint density at radius 1 is 1.39 bits per heavy atom. The Labute approximate surface area is 107 Å². The van der Waals surface area contributed by atoms with Crippen LogP contribution in [0.3, 0.4) is 0 Å². The molecular formula is C15H18N2O. The Morgan fingerprint density at radius 3 is 2.83 bits per heavy atom. The zero-order chi connectivity index (χ0) is 12.5. The molecule has 0 radical (unpaired) electrons. The summed E-state index contributed by atoms with van der Waals surface area (Å²) < 4.78 is 0. The van der Waals surface area contributed by atoms with Gasteiger partial charge in [-0.25, -0.2) is 0 Å². The minimum absolute atomic E-state index is 0.103. The summed E-state index contributed by atoms with van der Waals surface area (Å²) in [5.74, 6) is 0.645. The third-order valence-corrected chi connectivity index (χ3v) is 3.79. The van der Waals surface area contributed by atoms with Gasteiger partial charge in [-0.3, -0.25) is 5.01 Å². The standard InChI is InChI=1S/C15H18N2O/c1-2-11-5-3-4-6-15(11)17-13(10-18)9-14(16-17)12-7-8-12/h3-6,10,12-13H,2,7-9H2,1H3. The highest BCUT2D eigenvalue weighted by atomic mass is 16.1. The monoisotopic (exact) mass is 242 g/mol. The fourth-order valence-corrected chi connectivity index (χ4v) is 2.59. The first kappa shape index (κ1) is 11.5. The molecule has 0 spiro atoms. The molecule has 1 aliphatic heterocycles. The topological polar surface area (TPSA) is 32.7 Å². The van der Waals surface area contributed by atoms with Crippen LogP contribution < -0.4 is 5.01 Å². The van der Waals surface area contributed by atoms with E-state index < -0.39 is 0 Å². The Morgan fingerprint density at radius 2 is 2.17 bits per heavy atom. The number of hydrogen-bond donors (Lipinski definition) is 0. The van der Waals surface area contributed by atoms with Crippen LogP contribution in [0.15, 0.2) is 29.4 Å². The minimum atomic E-state index is -0.103. The molecule has 1 unspecified atom stereocenters. The summed E-state index contributed by atoms with van der Waals surface area (Å²) in [5.41, 5.74) is 3.57. The number of hydrogen-bond acceptors (Lipinski definition) is 3. The number of benzene rings is 1. The maximum atomic E-state index is 11.3. The van der Waals surface area contributed by atoms with E-state index in [4.69, 9.17) is 5.10 Å². The quantitative estimate of drug-likeness (QED) is 0.760. The van der Waals surface area contributed by atoms with Crippen molar-refractivity contribution in [2.24, 2.45) is 11.0 Å². The van der Waals surface area contributed by atoms with Crippen molar-refractivity contribution in [2.75, 3.05) is 5.01 Å². The predicted molar refractivity (Wildman–Crippen MR) is 72.9 cm³/mol. The van der Waals surface area contributed by atoms with Gasteiger partial charge in [-0.15, -0.1) is 0 Å². The lowest BCUT2D eigenvalue weighted by atomic mass is 10.1. The zero-order valence-corrected chi connectivity index (χ0v) is 10.7. The molecule has 18 heavy (non-hydrogen) atoms. The van der Waals surface area contributed by atoms with E-state index in [0.29, 0.717) is 5.92 Å². The van der Waals surface area contributed by atoms with Gasteiger partial charge in [0.15, 0.2) is 0 Å². The van der Waals surface area contributed by atoms with E-state index in [2.05, 4.69) is 19.1 Å². The van der Waals surface area contributed by atoms with E-state index in [-0.39, 0.29) is 6.04 Å². The molecule has 1 saturated carbocycles.